The lowest BCUT2D eigenvalue weighted by atomic mass is 10.7. The number of hydroxylamine groups is 1. The van der Waals surface area contributed by atoms with Gasteiger partial charge in [-0.05, 0) is 5.16 Å². The van der Waals surface area contributed by atoms with Crippen molar-refractivity contribution in [3.63, 3.8) is 0 Å². The monoisotopic (exact) mass is 202 g/mol. The van der Waals surface area contributed by atoms with Crippen LogP contribution in [0.3, 0.4) is 0 Å². The van der Waals surface area contributed by atoms with E-state index in [2.05, 4.69) is 40.6 Å². The molecule has 76 valence electrons. The highest BCUT2D eigenvalue weighted by Gasteiger charge is 2.14. The van der Waals surface area contributed by atoms with Gasteiger partial charge < -0.3 is 5.73 Å². The molecular weight excluding hydrogens is 196 g/mol. The second-order valence-electron chi connectivity index (χ2n) is 2.18. The molecule has 0 unspecified atom stereocenters. The van der Waals surface area contributed by atoms with Crippen molar-refractivity contribution in [2.24, 2.45) is 5.73 Å². The standard InChI is InChI=1S/C4H6N6O4/c5-1-3(9-13-11-1)7-8-4-2(6)12-14-10-4/h5,8,10H,6H2,(H,7,9). The third kappa shape index (κ3) is 1.40. The molecule has 10 heteroatoms. The van der Waals surface area contributed by atoms with Gasteiger partial charge in [0, 0.05) is 0 Å². The molecule has 0 spiro atoms. The summed E-state index contributed by atoms with van der Waals surface area (Å²) in [5.74, 6) is 0.302. The van der Waals surface area contributed by atoms with Crippen molar-refractivity contribution >= 4 is 5.82 Å². The molecule has 2 heterocycles. The molecule has 14 heavy (non-hydrogen) atoms. The molecule has 1 aliphatic rings. The van der Waals surface area contributed by atoms with E-state index in [1.807, 2.05) is 0 Å². The minimum Gasteiger partial charge on any atom is -0.364 e. The maximum absolute atomic E-state index is 7.12. The van der Waals surface area contributed by atoms with Gasteiger partial charge in [0.25, 0.3) is 11.7 Å². The zero-order valence-electron chi connectivity index (χ0n) is 6.66. The van der Waals surface area contributed by atoms with Crippen molar-refractivity contribution in [1.82, 2.24) is 16.1 Å². The number of nitrogens with one attached hydrogen (secondary N) is 4. The van der Waals surface area contributed by atoms with Crippen LogP contribution in [0, 0.1) is 5.41 Å². The molecular formula is C4H6N6O4. The van der Waals surface area contributed by atoms with Crippen LogP contribution in [0.25, 0.3) is 0 Å². The number of rotatable bonds is 3. The van der Waals surface area contributed by atoms with E-state index in [-0.39, 0.29) is 23.1 Å². The van der Waals surface area contributed by atoms with Crippen molar-refractivity contribution in [1.29, 1.82) is 5.41 Å². The number of nitrogens with two attached hydrogens (primary N) is 1. The van der Waals surface area contributed by atoms with Crippen LogP contribution < -0.4 is 27.6 Å². The average Bonchev–Trinajstić information content (AvgIpc) is 2.72. The molecule has 0 amide bonds. The molecule has 1 aromatic heterocycles. The van der Waals surface area contributed by atoms with Gasteiger partial charge in [-0.25, -0.2) is 10.1 Å². The molecule has 1 aromatic rings. The summed E-state index contributed by atoms with van der Waals surface area (Å²) < 4.78 is 8.40. The van der Waals surface area contributed by atoms with Gasteiger partial charge >= 0.3 is 5.55 Å². The number of anilines is 1. The van der Waals surface area contributed by atoms with Crippen LogP contribution in [0.5, 0.6) is 0 Å². The van der Waals surface area contributed by atoms with Gasteiger partial charge in [0.15, 0.2) is 0 Å². The van der Waals surface area contributed by atoms with Crippen LogP contribution in [0.1, 0.15) is 0 Å². The van der Waals surface area contributed by atoms with E-state index >= 15 is 0 Å². The topological polar surface area (TPSA) is 144 Å². The Morgan fingerprint density at radius 1 is 1.43 bits per heavy atom. The van der Waals surface area contributed by atoms with Gasteiger partial charge in [0.05, 0.1) is 0 Å². The summed E-state index contributed by atoms with van der Waals surface area (Å²) in [6.07, 6.45) is 0. The quantitative estimate of drug-likeness (QED) is 0.283. The van der Waals surface area contributed by atoms with Gasteiger partial charge in [-0.1, -0.05) is 4.99 Å². The first-order valence-electron chi connectivity index (χ1n) is 3.39. The predicted molar refractivity (Wildman–Crippen MR) is 37.9 cm³/mol. The zero-order valence-corrected chi connectivity index (χ0v) is 6.66. The molecule has 10 nitrogen and oxygen atoms in total. The van der Waals surface area contributed by atoms with Crippen molar-refractivity contribution in [2.45, 2.75) is 0 Å². The van der Waals surface area contributed by atoms with E-state index in [9.17, 15) is 0 Å². The maximum Gasteiger partial charge on any atom is 0.313 e. The van der Waals surface area contributed by atoms with Crippen LogP contribution in [-0.4, -0.2) is 5.16 Å². The van der Waals surface area contributed by atoms with Crippen LogP contribution in [0.15, 0.2) is 21.0 Å². The lowest BCUT2D eigenvalue weighted by Crippen LogP contribution is -2.30. The van der Waals surface area contributed by atoms with Crippen molar-refractivity contribution in [3.8, 4) is 0 Å². The summed E-state index contributed by atoms with van der Waals surface area (Å²) in [6, 6.07) is 0. The molecule has 0 saturated heterocycles. The third-order valence-corrected chi connectivity index (χ3v) is 1.29. The minimum absolute atomic E-state index is 0.00413. The highest BCUT2D eigenvalue weighted by atomic mass is 17.3. The molecule has 0 bridgehead atoms. The minimum atomic E-state index is -0.267. The fourth-order valence-corrected chi connectivity index (χ4v) is 0.662. The fourth-order valence-electron chi connectivity index (χ4n) is 0.662. The zero-order chi connectivity index (χ0) is 9.97. The van der Waals surface area contributed by atoms with Crippen molar-refractivity contribution < 1.29 is 19.1 Å². The van der Waals surface area contributed by atoms with Crippen molar-refractivity contribution in [3.05, 3.63) is 17.3 Å². The summed E-state index contributed by atoms with van der Waals surface area (Å²) in [7, 11) is 0. The second-order valence-corrected chi connectivity index (χ2v) is 2.18. The first-order chi connectivity index (χ1) is 6.77. The molecule has 0 aliphatic carbocycles. The van der Waals surface area contributed by atoms with E-state index < -0.39 is 0 Å². The molecule has 0 aromatic carbocycles. The molecule has 6 N–H and O–H groups in total. The smallest absolute Gasteiger partial charge is 0.313 e. The maximum atomic E-state index is 7.12. The van der Waals surface area contributed by atoms with Crippen LogP contribution in [0.4, 0.5) is 5.82 Å². The molecule has 2 rings (SSSR count). The Hall–Kier alpha value is -2.36. The van der Waals surface area contributed by atoms with Gasteiger partial charge in [-0.2, -0.15) is 4.68 Å². The van der Waals surface area contributed by atoms with Gasteiger partial charge in [-0.3, -0.25) is 21.1 Å². The Kier molecular flexibility index (Phi) is 1.87. The van der Waals surface area contributed by atoms with Crippen LogP contribution in [0.2, 0.25) is 0 Å². The number of aromatic nitrogens is 1. The lowest BCUT2D eigenvalue weighted by Gasteiger charge is -2.03. The van der Waals surface area contributed by atoms with Gasteiger partial charge in [-0.15, -0.1) is 0 Å². The predicted octanol–water partition coefficient (Wildman–Crippen LogP) is -1.78. The van der Waals surface area contributed by atoms with E-state index in [0.29, 0.717) is 0 Å². The highest BCUT2D eigenvalue weighted by Crippen LogP contribution is 2.01. The molecule has 1 aliphatic heterocycles. The molecule has 0 radical (unpaired) electrons. The summed E-state index contributed by atoms with van der Waals surface area (Å²) in [6.45, 7) is 0. The number of nitrogens with zero attached hydrogens (tertiary/aromatic N) is 1. The Balaban J connectivity index is 1.98. The van der Waals surface area contributed by atoms with E-state index in [1.165, 1.54) is 0 Å². The third-order valence-electron chi connectivity index (χ3n) is 1.29. The number of hydrazine groups is 1. The highest BCUT2D eigenvalue weighted by molar-refractivity contribution is 5.25. The molecule has 0 saturated carbocycles. The Morgan fingerprint density at radius 3 is 2.86 bits per heavy atom. The van der Waals surface area contributed by atoms with Crippen LogP contribution in [-0.2, 0) is 9.88 Å². The van der Waals surface area contributed by atoms with Crippen molar-refractivity contribution in [2.75, 3.05) is 5.43 Å². The molecule has 0 fully saturated rings. The summed E-state index contributed by atoms with van der Waals surface area (Å²) >= 11 is 0. The Morgan fingerprint density at radius 2 is 2.29 bits per heavy atom. The second kappa shape index (κ2) is 3.18. The average molecular weight is 202 g/mol. The Labute approximate surface area is 75.9 Å². The van der Waals surface area contributed by atoms with E-state index in [0.717, 1.165) is 0 Å². The van der Waals surface area contributed by atoms with E-state index in [1.54, 1.807) is 0 Å². The van der Waals surface area contributed by atoms with Gasteiger partial charge in [0.2, 0.25) is 5.82 Å². The SMILES string of the molecule is N=c1oonc1NNC1=C(N)OON1. The number of hydrogen-bond donors (Lipinski definition) is 5. The Bertz CT molecular complexity index is 406. The van der Waals surface area contributed by atoms with Gasteiger partial charge in [0.1, 0.15) is 0 Å². The summed E-state index contributed by atoms with van der Waals surface area (Å²) in [5, 5.41) is 10.4. The molecule has 0 atom stereocenters. The lowest BCUT2D eigenvalue weighted by molar-refractivity contribution is -0.276. The van der Waals surface area contributed by atoms with Crippen LogP contribution >= 0.6 is 0 Å². The largest absolute Gasteiger partial charge is 0.364 e. The first kappa shape index (κ1) is 8.25. The van der Waals surface area contributed by atoms with E-state index in [4.69, 9.17) is 11.1 Å². The summed E-state index contributed by atoms with van der Waals surface area (Å²) in [4.78, 5) is 8.70. The summed E-state index contributed by atoms with van der Waals surface area (Å²) in [5.41, 5.74) is 12.3. The number of hydrogen-bond acceptors (Lipinski definition) is 10. The first-order valence-corrected chi connectivity index (χ1v) is 3.39. The normalized spacial score (nSPS) is 14.9. The fraction of sp³-hybridized carbons (Fsp3) is 0.